The number of rotatable bonds is 8. The Morgan fingerprint density at radius 2 is 1.93 bits per heavy atom. The summed E-state index contributed by atoms with van der Waals surface area (Å²) in [5.41, 5.74) is 0.874. The van der Waals surface area contributed by atoms with Crippen molar-refractivity contribution in [3.8, 4) is 17.2 Å². The van der Waals surface area contributed by atoms with Crippen LogP contribution in [0.1, 0.15) is 16.2 Å². The Labute approximate surface area is 169 Å². The van der Waals surface area contributed by atoms with Gasteiger partial charge < -0.3 is 14.3 Å². The Bertz CT molecular complexity index is 931. The summed E-state index contributed by atoms with van der Waals surface area (Å²) >= 11 is 13.5. The van der Waals surface area contributed by atoms with Crippen molar-refractivity contribution in [3.05, 3.63) is 64.0 Å². The van der Waals surface area contributed by atoms with Gasteiger partial charge in [0.1, 0.15) is 5.75 Å². The lowest BCUT2D eigenvalue weighted by atomic mass is 10.1. The summed E-state index contributed by atoms with van der Waals surface area (Å²) in [7, 11) is 0. The van der Waals surface area contributed by atoms with E-state index in [2.05, 4.69) is 10.2 Å². The maximum Gasteiger partial charge on any atom is 0.335 e. The quantitative estimate of drug-likeness (QED) is 0.505. The minimum Gasteiger partial charge on any atom is -0.491 e. The van der Waals surface area contributed by atoms with Crippen molar-refractivity contribution in [2.24, 2.45) is 0 Å². The summed E-state index contributed by atoms with van der Waals surface area (Å²) in [4.78, 5) is 10.9. The number of carbonyl (C=O) groups is 1. The van der Waals surface area contributed by atoms with Gasteiger partial charge in [-0.15, -0.1) is 22.0 Å². The number of hydrogen-bond acceptors (Lipinski definition) is 6. The zero-order valence-corrected chi connectivity index (χ0v) is 16.2. The fourth-order valence-corrected chi connectivity index (χ4v) is 3.25. The first kappa shape index (κ1) is 19.5. The molecule has 27 heavy (non-hydrogen) atoms. The van der Waals surface area contributed by atoms with E-state index < -0.39 is 5.97 Å². The Morgan fingerprint density at radius 3 is 2.63 bits per heavy atom. The lowest BCUT2D eigenvalue weighted by Crippen LogP contribution is -2.01. The monoisotopic (exact) mass is 424 g/mol. The molecule has 3 rings (SSSR count). The third-order valence-corrected chi connectivity index (χ3v) is 4.89. The van der Waals surface area contributed by atoms with E-state index in [1.165, 1.54) is 12.1 Å². The van der Waals surface area contributed by atoms with E-state index in [0.29, 0.717) is 51.3 Å². The van der Waals surface area contributed by atoms with Crippen LogP contribution in [-0.4, -0.2) is 33.6 Å². The van der Waals surface area contributed by atoms with E-state index >= 15 is 0 Å². The van der Waals surface area contributed by atoms with E-state index in [1.54, 1.807) is 42.1 Å². The van der Waals surface area contributed by atoms with Gasteiger partial charge in [-0.3, -0.25) is 0 Å². The fraction of sp³-hybridized carbons (Fsp3) is 0.167. The minimum absolute atomic E-state index is 0.204. The number of benzene rings is 2. The molecule has 9 heteroatoms. The van der Waals surface area contributed by atoms with Gasteiger partial charge >= 0.3 is 5.97 Å². The van der Waals surface area contributed by atoms with Crippen molar-refractivity contribution in [1.82, 2.24) is 10.2 Å². The zero-order valence-electron chi connectivity index (χ0n) is 13.9. The molecule has 0 radical (unpaired) electrons. The first-order chi connectivity index (χ1) is 13.0. The molecule has 0 spiro atoms. The van der Waals surface area contributed by atoms with Crippen LogP contribution in [0.4, 0.5) is 0 Å². The summed E-state index contributed by atoms with van der Waals surface area (Å²) in [6.45, 7) is 0.476. The lowest BCUT2D eigenvalue weighted by Gasteiger charge is -2.07. The second kappa shape index (κ2) is 9.12. The van der Waals surface area contributed by atoms with E-state index in [0.717, 1.165) is 0 Å². The normalized spacial score (nSPS) is 10.7. The standard InChI is InChI=1S/C18H14Cl2N2O4S/c19-13-5-6-15(14(20)9-13)25-7-8-27-10-16-21-22-17(26-16)11-1-3-12(4-2-11)18(23)24/h1-6,9H,7-8,10H2,(H,23,24). The predicted octanol–water partition coefficient (Wildman–Crippen LogP) is 5.05. The van der Waals surface area contributed by atoms with Crippen molar-refractivity contribution >= 4 is 40.9 Å². The van der Waals surface area contributed by atoms with Crippen LogP contribution < -0.4 is 4.74 Å². The Morgan fingerprint density at radius 1 is 1.15 bits per heavy atom. The van der Waals surface area contributed by atoms with Crippen LogP contribution in [0.2, 0.25) is 10.0 Å². The van der Waals surface area contributed by atoms with Crippen LogP contribution in [0.25, 0.3) is 11.5 Å². The number of hydrogen-bond donors (Lipinski definition) is 1. The van der Waals surface area contributed by atoms with Gasteiger partial charge in [0.25, 0.3) is 0 Å². The van der Waals surface area contributed by atoms with Gasteiger partial charge in [-0.2, -0.15) is 0 Å². The Balaban J connectivity index is 1.46. The molecule has 6 nitrogen and oxygen atoms in total. The Hall–Kier alpha value is -2.22. The highest BCUT2D eigenvalue weighted by atomic mass is 35.5. The van der Waals surface area contributed by atoms with Gasteiger partial charge in [-0.25, -0.2) is 4.79 Å². The smallest absolute Gasteiger partial charge is 0.335 e. The van der Waals surface area contributed by atoms with Gasteiger partial charge in [0.05, 0.1) is 22.9 Å². The predicted molar refractivity (Wildman–Crippen MR) is 105 cm³/mol. The van der Waals surface area contributed by atoms with Crippen LogP contribution in [0, 0.1) is 0 Å². The van der Waals surface area contributed by atoms with Crippen molar-refractivity contribution in [2.45, 2.75) is 5.75 Å². The molecule has 0 bridgehead atoms. The van der Waals surface area contributed by atoms with Gasteiger partial charge in [-0.05, 0) is 42.5 Å². The first-order valence-corrected chi connectivity index (χ1v) is 9.75. The number of aromatic carboxylic acids is 1. The molecule has 0 atom stereocenters. The van der Waals surface area contributed by atoms with Crippen LogP contribution in [0.3, 0.4) is 0 Å². The summed E-state index contributed by atoms with van der Waals surface area (Å²) in [6, 6.07) is 11.4. The number of thioether (sulfide) groups is 1. The number of carboxylic acids is 1. The topological polar surface area (TPSA) is 85.5 Å². The number of aromatic nitrogens is 2. The van der Waals surface area contributed by atoms with E-state index in [-0.39, 0.29) is 5.56 Å². The molecule has 0 unspecified atom stereocenters. The van der Waals surface area contributed by atoms with Gasteiger partial charge in [-0.1, -0.05) is 23.2 Å². The third-order valence-electron chi connectivity index (χ3n) is 3.45. The fourth-order valence-electron chi connectivity index (χ4n) is 2.15. The van der Waals surface area contributed by atoms with E-state index in [9.17, 15) is 4.79 Å². The largest absolute Gasteiger partial charge is 0.491 e. The van der Waals surface area contributed by atoms with Gasteiger partial charge in [0, 0.05) is 16.3 Å². The highest BCUT2D eigenvalue weighted by Crippen LogP contribution is 2.27. The summed E-state index contributed by atoms with van der Waals surface area (Å²) < 4.78 is 11.2. The SMILES string of the molecule is O=C(O)c1ccc(-c2nnc(CSCCOc3ccc(Cl)cc3Cl)o2)cc1. The van der Waals surface area contributed by atoms with Crippen LogP contribution in [0.5, 0.6) is 5.75 Å². The average molecular weight is 425 g/mol. The van der Waals surface area contributed by atoms with Crippen molar-refractivity contribution in [1.29, 1.82) is 0 Å². The van der Waals surface area contributed by atoms with Crippen molar-refractivity contribution in [2.75, 3.05) is 12.4 Å². The molecular formula is C18H14Cl2N2O4S. The van der Waals surface area contributed by atoms with Gasteiger partial charge in [0.15, 0.2) is 0 Å². The molecule has 3 aromatic rings. The second-order valence-electron chi connectivity index (χ2n) is 5.36. The molecule has 0 aliphatic rings. The molecule has 1 heterocycles. The molecule has 2 aromatic carbocycles. The lowest BCUT2D eigenvalue weighted by molar-refractivity contribution is 0.0697. The van der Waals surface area contributed by atoms with Crippen LogP contribution in [-0.2, 0) is 5.75 Å². The molecule has 0 fully saturated rings. The number of ether oxygens (including phenoxy) is 1. The molecule has 0 saturated heterocycles. The van der Waals surface area contributed by atoms with Gasteiger partial charge in [0.2, 0.25) is 11.8 Å². The van der Waals surface area contributed by atoms with E-state index in [4.69, 9.17) is 37.5 Å². The minimum atomic E-state index is -0.980. The number of carboxylic acid groups (broad SMARTS) is 1. The third kappa shape index (κ3) is 5.38. The summed E-state index contributed by atoms with van der Waals surface area (Å²) in [5, 5.41) is 17.9. The maximum atomic E-state index is 10.9. The molecule has 0 aliphatic carbocycles. The highest BCUT2D eigenvalue weighted by molar-refractivity contribution is 7.98. The zero-order chi connectivity index (χ0) is 19.2. The van der Waals surface area contributed by atoms with Crippen molar-refractivity contribution < 1.29 is 19.1 Å². The molecule has 0 aliphatic heterocycles. The second-order valence-corrected chi connectivity index (χ2v) is 7.31. The maximum absolute atomic E-state index is 10.9. The molecule has 0 saturated carbocycles. The Kier molecular flexibility index (Phi) is 6.60. The first-order valence-electron chi connectivity index (χ1n) is 7.84. The highest BCUT2D eigenvalue weighted by Gasteiger charge is 2.10. The van der Waals surface area contributed by atoms with Crippen LogP contribution in [0.15, 0.2) is 46.9 Å². The summed E-state index contributed by atoms with van der Waals surface area (Å²) in [6.07, 6.45) is 0. The number of halogens is 2. The molecule has 1 N–H and O–H groups in total. The van der Waals surface area contributed by atoms with E-state index in [1.807, 2.05) is 0 Å². The summed E-state index contributed by atoms with van der Waals surface area (Å²) in [5.74, 6) is 1.70. The van der Waals surface area contributed by atoms with Crippen LogP contribution >= 0.6 is 35.0 Å². The molecule has 0 amide bonds. The number of nitrogens with zero attached hydrogens (tertiary/aromatic N) is 2. The molecule has 140 valence electrons. The molecular weight excluding hydrogens is 411 g/mol. The average Bonchev–Trinajstić information content (AvgIpc) is 3.12. The molecule has 1 aromatic heterocycles. The van der Waals surface area contributed by atoms with Crippen molar-refractivity contribution in [3.63, 3.8) is 0 Å².